The maximum absolute atomic E-state index is 13.9. The van der Waals surface area contributed by atoms with Crippen molar-refractivity contribution >= 4 is 30.2 Å². The molecule has 0 spiro atoms. The smallest absolute Gasteiger partial charge is 0.269 e. The second kappa shape index (κ2) is 11.7. The van der Waals surface area contributed by atoms with Gasteiger partial charge in [0.05, 0.1) is 48.0 Å². The van der Waals surface area contributed by atoms with Gasteiger partial charge in [-0.15, -0.1) is 0 Å². The fourth-order valence-electron chi connectivity index (χ4n) is 3.99. The number of nitro groups is 1. The molecule has 214 valence electrons. The Kier molecular flexibility index (Phi) is 8.71. The summed E-state index contributed by atoms with van der Waals surface area (Å²) in [4.78, 5) is 20.8. The van der Waals surface area contributed by atoms with E-state index in [-0.39, 0.29) is 28.8 Å². The van der Waals surface area contributed by atoms with Gasteiger partial charge < -0.3 is 4.43 Å². The maximum atomic E-state index is 13.9. The molecule has 0 aliphatic carbocycles. The molecule has 1 aliphatic rings. The van der Waals surface area contributed by atoms with Crippen LogP contribution < -0.4 is 0 Å². The summed E-state index contributed by atoms with van der Waals surface area (Å²) >= 11 is 0. The van der Waals surface area contributed by atoms with E-state index in [0.29, 0.717) is 24.4 Å². The molecule has 1 aromatic heterocycles. The molecule has 0 saturated heterocycles. The number of nitro benzene ring substituents is 1. The highest BCUT2D eigenvalue weighted by Crippen LogP contribution is 2.37. The van der Waals surface area contributed by atoms with Gasteiger partial charge in [-0.2, -0.15) is 5.10 Å². The van der Waals surface area contributed by atoms with Gasteiger partial charge in [-0.25, -0.2) is 8.42 Å². The maximum Gasteiger partial charge on any atom is 0.269 e. The van der Waals surface area contributed by atoms with Gasteiger partial charge in [-0.05, 0) is 35.8 Å². The Balaban J connectivity index is 1.63. The predicted octanol–water partition coefficient (Wildman–Crippen LogP) is 5.11. The first-order valence-corrected chi connectivity index (χ1v) is 17.3. The second-order valence-corrected chi connectivity index (χ2v) is 17.7. The van der Waals surface area contributed by atoms with E-state index in [1.165, 1.54) is 12.1 Å². The topological polar surface area (TPSA) is 129 Å². The molecule has 0 bridgehead atoms. The fraction of sp³-hybridized carbons (Fsp3) is 0.407. The third kappa shape index (κ3) is 6.39. The number of hydrogen-bond donors (Lipinski definition) is 0. The lowest BCUT2D eigenvalue weighted by atomic mass is 10.1. The second-order valence-electron chi connectivity index (χ2n) is 11.1. The van der Waals surface area contributed by atoms with Crippen molar-refractivity contribution in [2.45, 2.75) is 63.0 Å². The molecule has 0 amide bonds. The van der Waals surface area contributed by atoms with Gasteiger partial charge in [0.15, 0.2) is 8.32 Å². The van der Waals surface area contributed by atoms with E-state index in [2.05, 4.69) is 44.0 Å². The van der Waals surface area contributed by atoms with Crippen molar-refractivity contribution < 1.29 is 22.6 Å². The quantitative estimate of drug-likeness (QED) is 0.174. The Labute approximate surface area is 235 Å². The first-order valence-electron chi connectivity index (χ1n) is 13.0. The van der Waals surface area contributed by atoms with Gasteiger partial charge in [0.1, 0.15) is 6.04 Å². The molecule has 0 radical (unpaired) electrons. The van der Waals surface area contributed by atoms with Crippen molar-refractivity contribution in [2.24, 2.45) is 4.99 Å². The predicted molar refractivity (Wildman–Crippen MR) is 154 cm³/mol. The van der Waals surface area contributed by atoms with Gasteiger partial charge in [-0.1, -0.05) is 55.6 Å². The van der Waals surface area contributed by atoms with Gasteiger partial charge in [0, 0.05) is 23.9 Å². The van der Waals surface area contributed by atoms with Crippen LogP contribution in [0.25, 0.3) is 0 Å². The minimum atomic E-state index is -4.24. The Bertz CT molecular complexity index is 1470. The number of aromatic nitrogens is 2. The molecule has 11 nitrogen and oxygen atoms in total. The molecule has 1 atom stereocenters. The Hall–Kier alpha value is -3.23. The SMILES string of the molecule is CC(C)(C)[Si](C)(C)OCCn1ncc2c1C=NCC2N(OCc1ccccc1)S(=O)(=O)c1ccc([N+](=O)[O-])cc1. The standard InChI is InChI=1S/C27H35N5O6SSi/c1-27(2,3)40(4,5)38-16-15-30-25-18-28-19-26(24(25)17-29-30)32(37-20-21-9-7-6-8-10-21)39(35,36)23-13-11-22(12-14-23)31(33)34/h6-14,17-18,26H,15-16,19-20H2,1-5H3. The zero-order valence-electron chi connectivity index (χ0n) is 23.4. The number of hydrogen-bond acceptors (Lipinski definition) is 8. The van der Waals surface area contributed by atoms with Crippen LogP contribution in [0.15, 0.2) is 70.7 Å². The van der Waals surface area contributed by atoms with E-state index in [1.807, 2.05) is 30.3 Å². The van der Waals surface area contributed by atoms with Crippen molar-refractivity contribution in [1.82, 2.24) is 14.2 Å². The first kappa shape index (κ1) is 29.7. The normalized spacial score (nSPS) is 15.8. The summed E-state index contributed by atoms with van der Waals surface area (Å²) in [5.74, 6) is 0. The van der Waals surface area contributed by atoms with Crippen molar-refractivity contribution in [2.75, 3.05) is 13.2 Å². The van der Waals surface area contributed by atoms with E-state index < -0.39 is 29.3 Å². The van der Waals surface area contributed by atoms with E-state index >= 15 is 0 Å². The van der Waals surface area contributed by atoms with E-state index in [4.69, 9.17) is 9.26 Å². The minimum Gasteiger partial charge on any atom is -0.415 e. The third-order valence-corrected chi connectivity index (χ3v) is 13.6. The fourth-order valence-corrected chi connectivity index (χ4v) is 6.42. The summed E-state index contributed by atoms with van der Waals surface area (Å²) < 4.78 is 36.8. The van der Waals surface area contributed by atoms with E-state index in [1.54, 1.807) is 17.1 Å². The van der Waals surface area contributed by atoms with Crippen LogP contribution >= 0.6 is 0 Å². The third-order valence-electron chi connectivity index (χ3n) is 7.37. The summed E-state index contributed by atoms with van der Waals surface area (Å²) in [6.45, 7) is 12.0. The molecule has 1 aliphatic heterocycles. The van der Waals surface area contributed by atoms with Crippen LogP contribution in [0.2, 0.25) is 18.1 Å². The number of benzene rings is 2. The lowest BCUT2D eigenvalue weighted by Crippen LogP contribution is -2.41. The average molecular weight is 586 g/mol. The van der Waals surface area contributed by atoms with Gasteiger partial charge in [0.25, 0.3) is 15.7 Å². The zero-order valence-corrected chi connectivity index (χ0v) is 25.2. The van der Waals surface area contributed by atoms with Crippen LogP contribution in [0.5, 0.6) is 0 Å². The lowest BCUT2D eigenvalue weighted by Gasteiger charge is -2.36. The summed E-state index contributed by atoms with van der Waals surface area (Å²) in [6, 6.07) is 13.2. The summed E-state index contributed by atoms with van der Waals surface area (Å²) in [5.41, 5.74) is 1.91. The Morgan fingerprint density at radius 3 is 2.42 bits per heavy atom. The molecular weight excluding hydrogens is 550 g/mol. The van der Waals surface area contributed by atoms with Crippen molar-refractivity contribution in [3.63, 3.8) is 0 Å². The molecule has 3 aromatic rings. The molecule has 0 N–H and O–H groups in total. The molecule has 1 unspecified atom stereocenters. The Morgan fingerprint density at radius 1 is 1.12 bits per heavy atom. The van der Waals surface area contributed by atoms with Crippen molar-refractivity contribution in [3.05, 3.63) is 87.7 Å². The number of aliphatic imine (C=N–C) groups is 1. The molecule has 0 saturated carbocycles. The van der Waals surface area contributed by atoms with Crippen LogP contribution in [-0.4, -0.2) is 55.3 Å². The highest BCUT2D eigenvalue weighted by molar-refractivity contribution is 7.89. The minimum absolute atomic E-state index is 0.00289. The van der Waals surface area contributed by atoms with Crippen LogP contribution in [0.1, 0.15) is 43.6 Å². The number of hydroxylamine groups is 1. The largest absolute Gasteiger partial charge is 0.415 e. The summed E-state index contributed by atoms with van der Waals surface area (Å²) in [6.07, 6.45) is 3.33. The summed E-state index contributed by atoms with van der Waals surface area (Å²) in [7, 11) is -6.19. The molecule has 4 rings (SSSR count). The van der Waals surface area contributed by atoms with Gasteiger partial charge in [-0.3, -0.25) is 24.6 Å². The number of sulfonamides is 1. The van der Waals surface area contributed by atoms with Crippen LogP contribution in [-0.2, 0) is 32.4 Å². The van der Waals surface area contributed by atoms with Gasteiger partial charge in [0.2, 0.25) is 0 Å². The first-order chi connectivity index (χ1) is 18.8. The number of rotatable bonds is 11. The number of non-ortho nitro benzene ring substituents is 1. The summed E-state index contributed by atoms with van der Waals surface area (Å²) in [5, 5.41) is 15.7. The van der Waals surface area contributed by atoms with Crippen LogP contribution in [0.4, 0.5) is 5.69 Å². The Morgan fingerprint density at radius 2 is 1.80 bits per heavy atom. The molecule has 13 heteroatoms. The van der Waals surface area contributed by atoms with E-state index in [0.717, 1.165) is 22.2 Å². The molecule has 40 heavy (non-hydrogen) atoms. The lowest BCUT2D eigenvalue weighted by molar-refractivity contribution is -0.384. The van der Waals surface area contributed by atoms with Crippen LogP contribution in [0.3, 0.4) is 0 Å². The van der Waals surface area contributed by atoms with Crippen molar-refractivity contribution in [3.8, 4) is 0 Å². The van der Waals surface area contributed by atoms with Crippen molar-refractivity contribution in [1.29, 1.82) is 0 Å². The van der Waals surface area contributed by atoms with Gasteiger partial charge >= 0.3 is 0 Å². The van der Waals surface area contributed by atoms with E-state index in [9.17, 15) is 18.5 Å². The van der Waals surface area contributed by atoms with Crippen LogP contribution in [0, 0.1) is 10.1 Å². The highest BCUT2D eigenvalue weighted by atomic mass is 32.2. The monoisotopic (exact) mass is 585 g/mol. The molecule has 2 heterocycles. The molecular formula is C27H35N5O6SSi. The number of nitrogens with zero attached hydrogens (tertiary/aromatic N) is 5. The average Bonchev–Trinajstić information content (AvgIpc) is 3.32. The molecule has 0 fully saturated rings. The molecule has 2 aromatic carbocycles. The zero-order chi connectivity index (χ0) is 29.1. The highest BCUT2D eigenvalue weighted by Gasteiger charge is 2.39. The number of fused-ring (bicyclic) bond motifs is 1.